The number of hydrogen-bond acceptors (Lipinski definition) is 5. The van der Waals surface area contributed by atoms with Gasteiger partial charge in [0.05, 0.1) is 7.11 Å². The fraction of sp³-hybridized carbons (Fsp3) is 0.700. The minimum Gasteiger partial charge on any atom is -0.467 e. The van der Waals surface area contributed by atoms with Crippen molar-refractivity contribution in [3.05, 3.63) is 0 Å². The molecular formula is C10H18N2O5. The van der Waals surface area contributed by atoms with Crippen molar-refractivity contribution in [2.75, 3.05) is 14.2 Å². The lowest BCUT2D eigenvalue weighted by Gasteiger charge is -2.21. The van der Waals surface area contributed by atoms with E-state index in [1.54, 1.807) is 20.8 Å². The maximum Gasteiger partial charge on any atom is 0.408 e. The van der Waals surface area contributed by atoms with Crippen molar-refractivity contribution in [2.45, 2.75) is 32.4 Å². The minimum absolute atomic E-state index is 0.678. The van der Waals surface area contributed by atoms with Crippen LogP contribution in [-0.4, -0.2) is 43.8 Å². The number of methoxy groups -OCH3 is 1. The third kappa shape index (κ3) is 5.74. The van der Waals surface area contributed by atoms with E-state index in [1.165, 1.54) is 7.05 Å². The predicted molar refractivity (Wildman–Crippen MR) is 59.2 cm³/mol. The summed E-state index contributed by atoms with van der Waals surface area (Å²) in [5.74, 6) is -1.54. The average molecular weight is 246 g/mol. The lowest BCUT2D eigenvalue weighted by molar-refractivity contribution is -0.147. The lowest BCUT2D eigenvalue weighted by Crippen LogP contribution is -2.52. The Kier molecular flexibility index (Phi) is 5.43. The second-order valence-corrected chi connectivity index (χ2v) is 4.22. The molecule has 0 aliphatic heterocycles. The molecule has 98 valence electrons. The smallest absolute Gasteiger partial charge is 0.408 e. The summed E-state index contributed by atoms with van der Waals surface area (Å²) in [6.45, 7) is 5.00. The van der Waals surface area contributed by atoms with Gasteiger partial charge in [-0.15, -0.1) is 0 Å². The van der Waals surface area contributed by atoms with E-state index in [0.717, 1.165) is 7.11 Å². The van der Waals surface area contributed by atoms with Crippen molar-refractivity contribution in [1.29, 1.82) is 0 Å². The molecule has 0 aromatic rings. The Bertz CT molecular complexity index is 292. The molecule has 0 radical (unpaired) electrons. The van der Waals surface area contributed by atoms with Crippen LogP contribution in [-0.2, 0) is 19.1 Å². The van der Waals surface area contributed by atoms with Gasteiger partial charge in [0.2, 0.25) is 6.04 Å². The highest BCUT2D eigenvalue weighted by atomic mass is 16.6. The Morgan fingerprint density at radius 3 is 2.06 bits per heavy atom. The summed E-state index contributed by atoms with van der Waals surface area (Å²) < 4.78 is 9.32. The molecule has 1 unspecified atom stereocenters. The van der Waals surface area contributed by atoms with Crippen LogP contribution in [0.5, 0.6) is 0 Å². The Hall–Kier alpha value is -1.79. The molecule has 0 aliphatic rings. The van der Waals surface area contributed by atoms with Crippen LogP contribution in [0.25, 0.3) is 0 Å². The first-order chi connectivity index (χ1) is 7.71. The number of nitrogens with one attached hydrogen (secondary N) is 2. The number of rotatable bonds is 3. The average Bonchev–Trinajstić information content (AvgIpc) is 2.21. The molecule has 0 heterocycles. The Morgan fingerprint density at radius 2 is 1.71 bits per heavy atom. The molecule has 0 bridgehead atoms. The van der Waals surface area contributed by atoms with Gasteiger partial charge in [0.25, 0.3) is 5.91 Å². The van der Waals surface area contributed by atoms with Crippen LogP contribution < -0.4 is 10.6 Å². The van der Waals surface area contributed by atoms with Crippen LogP contribution in [0.1, 0.15) is 20.8 Å². The van der Waals surface area contributed by atoms with Crippen LogP contribution in [0.2, 0.25) is 0 Å². The summed E-state index contributed by atoms with van der Waals surface area (Å²) >= 11 is 0. The van der Waals surface area contributed by atoms with Crippen molar-refractivity contribution in [3.8, 4) is 0 Å². The van der Waals surface area contributed by atoms with Gasteiger partial charge < -0.3 is 14.8 Å². The summed E-state index contributed by atoms with van der Waals surface area (Å²) in [4.78, 5) is 34.0. The molecule has 17 heavy (non-hydrogen) atoms. The van der Waals surface area contributed by atoms with E-state index in [2.05, 4.69) is 15.4 Å². The van der Waals surface area contributed by atoms with Gasteiger partial charge in [-0.2, -0.15) is 0 Å². The van der Waals surface area contributed by atoms with Crippen LogP contribution in [0.15, 0.2) is 0 Å². The van der Waals surface area contributed by atoms with Crippen molar-refractivity contribution in [1.82, 2.24) is 10.6 Å². The Morgan fingerprint density at radius 1 is 1.18 bits per heavy atom. The fourth-order valence-electron chi connectivity index (χ4n) is 0.919. The van der Waals surface area contributed by atoms with Crippen molar-refractivity contribution in [2.24, 2.45) is 0 Å². The molecule has 2 N–H and O–H groups in total. The first-order valence-electron chi connectivity index (χ1n) is 5.00. The van der Waals surface area contributed by atoms with Gasteiger partial charge in [0, 0.05) is 7.05 Å². The van der Waals surface area contributed by atoms with Gasteiger partial charge in [0.1, 0.15) is 5.60 Å². The van der Waals surface area contributed by atoms with Gasteiger partial charge in [-0.25, -0.2) is 9.59 Å². The van der Waals surface area contributed by atoms with Crippen LogP contribution in [0.3, 0.4) is 0 Å². The zero-order valence-corrected chi connectivity index (χ0v) is 10.6. The highest BCUT2D eigenvalue weighted by molar-refractivity contribution is 6.04. The number of likely N-dealkylation sites (N-methyl/N-ethyl adjacent to an activating group) is 1. The fourth-order valence-corrected chi connectivity index (χ4v) is 0.919. The molecule has 1 atom stereocenters. The van der Waals surface area contributed by atoms with Crippen LogP contribution in [0.4, 0.5) is 4.79 Å². The highest BCUT2D eigenvalue weighted by Gasteiger charge is 2.30. The molecule has 2 amide bonds. The molecular weight excluding hydrogens is 228 g/mol. The van der Waals surface area contributed by atoms with E-state index in [1.807, 2.05) is 0 Å². The highest BCUT2D eigenvalue weighted by Crippen LogP contribution is 2.06. The van der Waals surface area contributed by atoms with Gasteiger partial charge >= 0.3 is 12.1 Å². The first-order valence-corrected chi connectivity index (χ1v) is 5.00. The van der Waals surface area contributed by atoms with Crippen LogP contribution in [0, 0.1) is 0 Å². The number of alkyl carbamates (subject to hydrolysis) is 1. The van der Waals surface area contributed by atoms with E-state index in [0.29, 0.717) is 0 Å². The second kappa shape index (κ2) is 6.07. The quantitative estimate of drug-likeness (QED) is 0.531. The standard InChI is InChI=1S/C10H18N2O5/c1-10(2,3)17-9(15)12-6(7(13)11-4)8(14)16-5/h6H,1-5H3,(H,11,13)(H,12,15). The molecule has 0 aliphatic carbocycles. The van der Waals surface area contributed by atoms with Crippen molar-refractivity contribution in [3.63, 3.8) is 0 Å². The first kappa shape index (κ1) is 15.2. The predicted octanol–water partition coefficient (Wildman–Crippen LogP) is -0.201. The maximum absolute atomic E-state index is 11.4. The van der Waals surface area contributed by atoms with Gasteiger partial charge in [0.15, 0.2) is 0 Å². The van der Waals surface area contributed by atoms with E-state index >= 15 is 0 Å². The number of esters is 1. The van der Waals surface area contributed by atoms with E-state index in [9.17, 15) is 14.4 Å². The number of carbonyl (C=O) groups excluding carboxylic acids is 3. The van der Waals surface area contributed by atoms with Gasteiger partial charge in [-0.1, -0.05) is 0 Å². The molecule has 7 nitrogen and oxygen atoms in total. The zero-order valence-electron chi connectivity index (χ0n) is 10.6. The topological polar surface area (TPSA) is 93.7 Å². The molecule has 0 saturated carbocycles. The third-order valence-electron chi connectivity index (χ3n) is 1.61. The minimum atomic E-state index is -1.42. The van der Waals surface area contributed by atoms with Crippen molar-refractivity contribution < 1.29 is 23.9 Å². The largest absolute Gasteiger partial charge is 0.467 e. The van der Waals surface area contributed by atoms with Gasteiger partial charge in [-0.05, 0) is 20.8 Å². The summed E-state index contributed by atoms with van der Waals surface area (Å²) in [5.41, 5.74) is -0.715. The zero-order chi connectivity index (χ0) is 13.6. The summed E-state index contributed by atoms with van der Waals surface area (Å²) in [6, 6.07) is -1.42. The number of hydrogen-bond donors (Lipinski definition) is 2. The summed E-state index contributed by atoms with van der Waals surface area (Å²) in [5, 5.41) is 4.37. The Balaban J connectivity index is 4.60. The Labute approximate surface area is 99.8 Å². The summed E-state index contributed by atoms with van der Waals surface area (Å²) in [6.07, 6.45) is -0.864. The van der Waals surface area contributed by atoms with Crippen molar-refractivity contribution >= 4 is 18.0 Å². The van der Waals surface area contributed by atoms with E-state index < -0.39 is 29.6 Å². The number of carbonyl (C=O) groups is 3. The molecule has 0 fully saturated rings. The number of ether oxygens (including phenoxy) is 2. The van der Waals surface area contributed by atoms with E-state index in [4.69, 9.17) is 4.74 Å². The van der Waals surface area contributed by atoms with E-state index in [-0.39, 0.29) is 0 Å². The lowest BCUT2D eigenvalue weighted by atomic mass is 10.2. The molecule has 0 rings (SSSR count). The maximum atomic E-state index is 11.4. The molecule has 7 heteroatoms. The molecule has 0 spiro atoms. The molecule has 0 saturated heterocycles. The van der Waals surface area contributed by atoms with Crippen LogP contribution >= 0.6 is 0 Å². The molecule has 0 aromatic carbocycles. The monoisotopic (exact) mass is 246 g/mol. The SMILES string of the molecule is CNC(=O)C(NC(=O)OC(C)(C)C)C(=O)OC. The summed E-state index contributed by atoms with van der Waals surface area (Å²) in [7, 11) is 2.46. The second-order valence-electron chi connectivity index (χ2n) is 4.22. The van der Waals surface area contributed by atoms with Gasteiger partial charge in [-0.3, -0.25) is 10.1 Å². The molecule has 0 aromatic heterocycles. The normalized spacial score (nSPS) is 12.3. The third-order valence-corrected chi connectivity index (χ3v) is 1.61. The number of amides is 2.